The van der Waals surface area contributed by atoms with Gasteiger partial charge in [-0.05, 0) is 24.3 Å². The van der Waals surface area contributed by atoms with Crippen LogP contribution in [0.4, 0.5) is 0 Å². The minimum atomic E-state index is -0.131. The maximum atomic E-state index is 12.5. The summed E-state index contributed by atoms with van der Waals surface area (Å²) in [5, 5.41) is 1.09. The Morgan fingerprint density at radius 3 is 2.56 bits per heavy atom. The third-order valence-corrected chi connectivity index (χ3v) is 5.91. The first kappa shape index (κ1) is 20.0. The molecule has 3 nitrogen and oxygen atoms in total. The Hall–Kier alpha value is -1.79. The second-order valence-corrected chi connectivity index (χ2v) is 8.10. The van der Waals surface area contributed by atoms with Gasteiger partial charge in [0.05, 0.1) is 4.91 Å². The van der Waals surface area contributed by atoms with Crippen molar-refractivity contribution < 1.29 is 9.53 Å². The normalized spacial score (nSPS) is 15.5. The van der Waals surface area contributed by atoms with Crippen LogP contribution in [-0.2, 0) is 11.4 Å². The van der Waals surface area contributed by atoms with E-state index in [1.165, 1.54) is 16.7 Å². The molecule has 1 fully saturated rings. The molecule has 27 heavy (non-hydrogen) atoms. The average Bonchev–Trinajstić information content (AvgIpc) is 2.90. The van der Waals surface area contributed by atoms with Crippen molar-refractivity contribution in [2.24, 2.45) is 0 Å². The van der Waals surface area contributed by atoms with E-state index in [1.54, 1.807) is 30.4 Å². The first-order valence-electron chi connectivity index (χ1n) is 8.02. The molecule has 1 aliphatic rings. The number of ether oxygens (including phenoxy) is 1. The number of carbonyl (C=O) groups is 1. The summed E-state index contributed by atoms with van der Waals surface area (Å²) in [7, 11) is 0. The topological polar surface area (TPSA) is 29.5 Å². The summed E-state index contributed by atoms with van der Waals surface area (Å²) in [4.78, 5) is 14.6. The number of hydrogen-bond donors (Lipinski definition) is 0. The van der Waals surface area contributed by atoms with E-state index in [-0.39, 0.29) is 12.5 Å². The molecule has 0 aromatic heterocycles. The van der Waals surface area contributed by atoms with Gasteiger partial charge in [-0.1, -0.05) is 77.5 Å². The number of halogens is 2. The molecule has 2 aromatic rings. The van der Waals surface area contributed by atoms with Crippen LogP contribution in [0.25, 0.3) is 6.08 Å². The average molecular weight is 436 g/mol. The van der Waals surface area contributed by atoms with Gasteiger partial charge in [0.2, 0.25) is 0 Å². The number of para-hydroxylation sites is 1. The molecule has 1 aliphatic heterocycles. The fourth-order valence-electron chi connectivity index (χ4n) is 2.48. The van der Waals surface area contributed by atoms with Crippen molar-refractivity contribution in [2.75, 3.05) is 6.54 Å². The molecule has 138 valence electrons. The summed E-state index contributed by atoms with van der Waals surface area (Å²) in [6.07, 6.45) is 3.43. The van der Waals surface area contributed by atoms with Crippen LogP contribution in [0, 0.1) is 0 Å². The van der Waals surface area contributed by atoms with Crippen LogP contribution in [0.1, 0.15) is 11.1 Å². The molecular weight excluding hydrogens is 421 g/mol. The SMILES string of the molecule is C=CCN1C(=O)C(=Cc2ccccc2OCc2c(Cl)cccc2Cl)SC1=S. The van der Waals surface area contributed by atoms with Crippen molar-refractivity contribution >= 4 is 63.5 Å². The summed E-state index contributed by atoms with van der Waals surface area (Å²) < 4.78 is 6.46. The van der Waals surface area contributed by atoms with Crippen LogP contribution in [0.2, 0.25) is 10.0 Å². The van der Waals surface area contributed by atoms with E-state index < -0.39 is 0 Å². The monoisotopic (exact) mass is 435 g/mol. The van der Waals surface area contributed by atoms with E-state index in [0.29, 0.717) is 37.1 Å². The van der Waals surface area contributed by atoms with Crippen molar-refractivity contribution in [2.45, 2.75) is 6.61 Å². The largest absolute Gasteiger partial charge is 0.488 e. The maximum absolute atomic E-state index is 12.5. The summed E-state index contributed by atoms with van der Waals surface area (Å²) in [5.74, 6) is 0.497. The summed E-state index contributed by atoms with van der Waals surface area (Å²) in [5.41, 5.74) is 1.49. The highest BCUT2D eigenvalue weighted by atomic mass is 35.5. The number of hydrogen-bond acceptors (Lipinski definition) is 4. The Balaban J connectivity index is 1.84. The van der Waals surface area contributed by atoms with Gasteiger partial charge < -0.3 is 4.74 Å². The van der Waals surface area contributed by atoms with Gasteiger partial charge in [0, 0.05) is 27.7 Å². The Morgan fingerprint density at radius 2 is 1.85 bits per heavy atom. The second-order valence-electron chi connectivity index (χ2n) is 5.61. The standard InChI is InChI=1S/C20H15Cl2NO2S2/c1-2-10-23-19(24)18(27-20(23)26)11-13-6-3-4-9-17(13)25-12-14-15(21)7-5-8-16(14)22/h2-9,11H,1,10,12H2. The summed E-state index contributed by atoms with van der Waals surface area (Å²) >= 11 is 18.9. The molecule has 0 N–H and O–H groups in total. The zero-order chi connectivity index (χ0) is 19.4. The second kappa shape index (κ2) is 8.93. The summed E-state index contributed by atoms with van der Waals surface area (Å²) in [6, 6.07) is 12.8. The Morgan fingerprint density at radius 1 is 1.15 bits per heavy atom. The lowest BCUT2D eigenvalue weighted by Crippen LogP contribution is -2.27. The fourth-order valence-corrected chi connectivity index (χ4v) is 4.25. The lowest BCUT2D eigenvalue weighted by Gasteiger charge is -2.12. The quantitative estimate of drug-likeness (QED) is 0.318. The van der Waals surface area contributed by atoms with Crippen LogP contribution in [-0.4, -0.2) is 21.7 Å². The van der Waals surface area contributed by atoms with Gasteiger partial charge in [0.25, 0.3) is 5.91 Å². The van der Waals surface area contributed by atoms with Gasteiger partial charge in [-0.25, -0.2) is 0 Å². The molecule has 1 amide bonds. The van der Waals surface area contributed by atoms with Crippen molar-refractivity contribution in [1.82, 2.24) is 4.90 Å². The molecular formula is C20H15Cl2NO2S2. The molecule has 0 unspecified atom stereocenters. The van der Waals surface area contributed by atoms with E-state index in [1.807, 2.05) is 24.3 Å². The molecule has 1 saturated heterocycles. The minimum Gasteiger partial charge on any atom is -0.488 e. The van der Waals surface area contributed by atoms with Gasteiger partial charge in [-0.15, -0.1) is 6.58 Å². The van der Waals surface area contributed by atoms with Crippen LogP contribution >= 0.6 is 47.2 Å². The number of carbonyl (C=O) groups excluding carboxylic acids is 1. The molecule has 1 heterocycles. The Labute approximate surface area is 177 Å². The van der Waals surface area contributed by atoms with Gasteiger partial charge >= 0.3 is 0 Å². The van der Waals surface area contributed by atoms with Gasteiger partial charge in [0.15, 0.2) is 0 Å². The van der Waals surface area contributed by atoms with E-state index in [0.717, 1.165) is 5.56 Å². The van der Waals surface area contributed by atoms with E-state index in [9.17, 15) is 4.79 Å². The zero-order valence-corrected chi connectivity index (χ0v) is 17.3. The number of benzene rings is 2. The van der Waals surface area contributed by atoms with Crippen molar-refractivity contribution in [3.63, 3.8) is 0 Å². The first-order valence-corrected chi connectivity index (χ1v) is 10.0. The molecule has 0 radical (unpaired) electrons. The summed E-state index contributed by atoms with van der Waals surface area (Å²) in [6.45, 7) is 4.28. The van der Waals surface area contributed by atoms with Crippen LogP contribution < -0.4 is 4.74 Å². The van der Waals surface area contributed by atoms with Crippen LogP contribution in [0.5, 0.6) is 5.75 Å². The number of thiocarbonyl (C=S) groups is 1. The highest BCUT2D eigenvalue weighted by Crippen LogP contribution is 2.34. The first-order chi connectivity index (χ1) is 13.0. The smallest absolute Gasteiger partial charge is 0.266 e. The van der Waals surface area contributed by atoms with E-state index in [2.05, 4.69) is 6.58 Å². The number of amides is 1. The highest BCUT2D eigenvalue weighted by molar-refractivity contribution is 8.26. The van der Waals surface area contributed by atoms with E-state index >= 15 is 0 Å². The fraction of sp³-hybridized carbons (Fsp3) is 0.100. The maximum Gasteiger partial charge on any atom is 0.266 e. The number of nitrogens with zero attached hydrogens (tertiary/aromatic N) is 1. The third-order valence-electron chi connectivity index (χ3n) is 3.82. The molecule has 0 bridgehead atoms. The number of thioether (sulfide) groups is 1. The molecule has 3 rings (SSSR count). The van der Waals surface area contributed by atoms with Gasteiger partial charge in [0.1, 0.15) is 16.7 Å². The van der Waals surface area contributed by atoms with E-state index in [4.69, 9.17) is 40.2 Å². The molecule has 0 saturated carbocycles. The van der Waals surface area contributed by atoms with Crippen LogP contribution in [0.3, 0.4) is 0 Å². The third kappa shape index (κ3) is 4.55. The molecule has 0 atom stereocenters. The van der Waals surface area contributed by atoms with Crippen LogP contribution in [0.15, 0.2) is 60.0 Å². The van der Waals surface area contributed by atoms with Crippen molar-refractivity contribution in [1.29, 1.82) is 0 Å². The van der Waals surface area contributed by atoms with Gasteiger partial charge in [-0.2, -0.15) is 0 Å². The minimum absolute atomic E-state index is 0.131. The van der Waals surface area contributed by atoms with Crippen molar-refractivity contribution in [3.8, 4) is 5.75 Å². The Kier molecular flexibility index (Phi) is 6.60. The molecule has 7 heteroatoms. The number of rotatable bonds is 6. The van der Waals surface area contributed by atoms with Crippen molar-refractivity contribution in [3.05, 3.63) is 81.2 Å². The predicted molar refractivity (Wildman–Crippen MR) is 117 cm³/mol. The lowest BCUT2D eigenvalue weighted by atomic mass is 10.1. The Bertz CT molecular complexity index is 923. The molecule has 2 aromatic carbocycles. The highest BCUT2D eigenvalue weighted by Gasteiger charge is 2.31. The molecule has 0 aliphatic carbocycles. The predicted octanol–water partition coefficient (Wildman–Crippen LogP) is 5.96. The van der Waals surface area contributed by atoms with Gasteiger partial charge in [-0.3, -0.25) is 9.69 Å². The molecule has 0 spiro atoms. The lowest BCUT2D eigenvalue weighted by molar-refractivity contribution is -0.121. The zero-order valence-electron chi connectivity index (χ0n) is 14.2.